The average molecular weight is 997 g/mol. The highest BCUT2D eigenvalue weighted by Crippen LogP contribution is 2.53. The molecule has 15 rings (SSSR count). The molecule has 78 heavy (non-hydrogen) atoms. The number of benzene rings is 13. The van der Waals surface area contributed by atoms with Crippen molar-refractivity contribution >= 4 is 88.4 Å². The second-order valence-electron chi connectivity index (χ2n) is 21.3. The SMILES string of the molecule is CC1(C)c2cc(N(c3ccccc3)c3ccccc3)ccc2-c2ccc(N(c3ccc(-c4ccc(-c5ccc6oc7ccccc7c6c5)cc4)cc3)c3ccc(-c4ccc5c6ccccc6c6ccccc6c5c4)cc3)cc21. The number of rotatable bonds is 9. The molecule has 0 saturated heterocycles. The number of anilines is 6. The minimum atomic E-state index is -0.273. The molecular formula is C75H52N2O. The lowest BCUT2D eigenvalue weighted by molar-refractivity contribution is 0.660. The second kappa shape index (κ2) is 18.1. The highest BCUT2D eigenvalue weighted by Gasteiger charge is 2.37. The van der Waals surface area contributed by atoms with E-state index in [-0.39, 0.29) is 5.41 Å². The molecule has 0 radical (unpaired) electrons. The summed E-state index contributed by atoms with van der Waals surface area (Å²) in [5.74, 6) is 0. The Bertz CT molecular complexity index is 4540. The van der Waals surface area contributed by atoms with Crippen molar-refractivity contribution in [1.29, 1.82) is 0 Å². The summed E-state index contributed by atoms with van der Waals surface area (Å²) in [4.78, 5) is 4.78. The molecule has 1 aromatic heterocycles. The highest BCUT2D eigenvalue weighted by molar-refractivity contribution is 6.25. The lowest BCUT2D eigenvalue weighted by Gasteiger charge is -2.29. The van der Waals surface area contributed by atoms with Gasteiger partial charge in [0.15, 0.2) is 0 Å². The Morgan fingerprint density at radius 3 is 1.08 bits per heavy atom. The Kier molecular flexibility index (Phi) is 10.6. The molecule has 1 aliphatic rings. The van der Waals surface area contributed by atoms with Crippen molar-refractivity contribution in [3.8, 4) is 44.5 Å². The molecule has 0 N–H and O–H groups in total. The number of hydrogen-bond acceptors (Lipinski definition) is 3. The first kappa shape index (κ1) is 45.4. The van der Waals surface area contributed by atoms with Crippen LogP contribution in [-0.4, -0.2) is 0 Å². The smallest absolute Gasteiger partial charge is 0.135 e. The van der Waals surface area contributed by atoms with Crippen molar-refractivity contribution in [2.75, 3.05) is 9.80 Å². The predicted octanol–water partition coefficient (Wildman–Crippen LogP) is 21.3. The van der Waals surface area contributed by atoms with E-state index in [0.29, 0.717) is 0 Å². The molecule has 0 aliphatic heterocycles. The van der Waals surface area contributed by atoms with Crippen molar-refractivity contribution in [2.45, 2.75) is 19.3 Å². The average Bonchev–Trinajstić information content (AvgIpc) is 4.19. The monoisotopic (exact) mass is 996 g/mol. The summed E-state index contributed by atoms with van der Waals surface area (Å²) in [6, 6.07) is 102. The maximum atomic E-state index is 6.14. The number of furan rings is 1. The normalized spacial score (nSPS) is 12.6. The van der Waals surface area contributed by atoms with Crippen LogP contribution in [0.5, 0.6) is 0 Å². The van der Waals surface area contributed by atoms with Gasteiger partial charge < -0.3 is 14.2 Å². The summed E-state index contributed by atoms with van der Waals surface area (Å²) in [5.41, 5.74) is 20.5. The summed E-state index contributed by atoms with van der Waals surface area (Å²) in [6.07, 6.45) is 0. The molecule has 1 heterocycles. The van der Waals surface area contributed by atoms with Gasteiger partial charge in [-0.15, -0.1) is 0 Å². The van der Waals surface area contributed by atoms with Crippen molar-refractivity contribution in [1.82, 2.24) is 0 Å². The second-order valence-corrected chi connectivity index (χ2v) is 21.3. The first-order valence-electron chi connectivity index (χ1n) is 27.0. The summed E-state index contributed by atoms with van der Waals surface area (Å²) >= 11 is 0. The molecule has 3 nitrogen and oxygen atoms in total. The zero-order valence-electron chi connectivity index (χ0n) is 43.4. The fraction of sp³-hybridized carbons (Fsp3) is 0.0400. The van der Waals surface area contributed by atoms with Gasteiger partial charge in [0, 0.05) is 50.3 Å². The molecule has 14 aromatic rings. The van der Waals surface area contributed by atoms with Gasteiger partial charge in [-0.05, 0) is 185 Å². The predicted molar refractivity (Wildman–Crippen MR) is 329 cm³/mol. The van der Waals surface area contributed by atoms with Gasteiger partial charge in [-0.3, -0.25) is 0 Å². The summed E-state index contributed by atoms with van der Waals surface area (Å²) < 4.78 is 6.14. The Morgan fingerprint density at radius 1 is 0.244 bits per heavy atom. The lowest BCUT2D eigenvalue weighted by Crippen LogP contribution is -2.17. The molecule has 0 unspecified atom stereocenters. The van der Waals surface area contributed by atoms with Gasteiger partial charge >= 0.3 is 0 Å². The van der Waals surface area contributed by atoms with Crippen molar-refractivity contribution in [3.63, 3.8) is 0 Å². The van der Waals surface area contributed by atoms with E-state index in [1.807, 2.05) is 12.1 Å². The molecule has 0 atom stereocenters. The van der Waals surface area contributed by atoms with Crippen LogP contribution in [-0.2, 0) is 5.41 Å². The molecule has 1 aliphatic carbocycles. The summed E-state index contributed by atoms with van der Waals surface area (Å²) in [7, 11) is 0. The molecule has 0 spiro atoms. The van der Waals surface area contributed by atoms with Gasteiger partial charge in [-0.25, -0.2) is 0 Å². The third-order valence-corrected chi connectivity index (χ3v) is 16.4. The highest BCUT2D eigenvalue weighted by atomic mass is 16.3. The summed E-state index contributed by atoms with van der Waals surface area (Å²) in [6.45, 7) is 4.76. The van der Waals surface area contributed by atoms with E-state index in [4.69, 9.17) is 4.42 Å². The number of nitrogens with zero attached hydrogens (tertiary/aromatic N) is 2. The maximum absolute atomic E-state index is 6.14. The first-order valence-corrected chi connectivity index (χ1v) is 27.0. The standard InChI is InChI=1S/C75H52N2O/c1-75(2)71-47-59(76(55-15-5-3-6-16-55)56-17-7-4-8-18-56)39-42-66(71)67-43-40-60(48-72(67)75)77(58-37-31-52(32-38-58)53-33-41-65-63-21-10-9-19-61(63)62-20-11-12-22-64(62)69(65)45-53)57-35-29-50(30-36-57)49-25-27-51(28-26-49)54-34-44-74-70(46-54)68-23-13-14-24-73(68)78-74/h3-48H,1-2H3. The molecular weight excluding hydrogens is 945 g/mol. The Labute approximate surface area is 454 Å². The van der Waals surface area contributed by atoms with E-state index in [0.717, 1.165) is 61.6 Å². The fourth-order valence-corrected chi connectivity index (χ4v) is 12.5. The maximum Gasteiger partial charge on any atom is 0.135 e. The van der Waals surface area contributed by atoms with Crippen molar-refractivity contribution in [2.24, 2.45) is 0 Å². The molecule has 0 bridgehead atoms. The minimum Gasteiger partial charge on any atom is -0.456 e. The Morgan fingerprint density at radius 2 is 0.577 bits per heavy atom. The zero-order valence-corrected chi connectivity index (χ0v) is 43.4. The van der Waals surface area contributed by atoms with Gasteiger partial charge in [-0.1, -0.05) is 196 Å². The molecule has 0 fully saturated rings. The van der Waals surface area contributed by atoms with E-state index in [1.54, 1.807) is 0 Å². The van der Waals surface area contributed by atoms with Crippen LogP contribution in [0.1, 0.15) is 25.0 Å². The van der Waals surface area contributed by atoms with Crippen LogP contribution < -0.4 is 9.80 Å². The van der Waals surface area contributed by atoms with Crippen LogP contribution in [0.2, 0.25) is 0 Å². The minimum absolute atomic E-state index is 0.273. The van der Waals surface area contributed by atoms with Crippen LogP contribution >= 0.6 is 0 Å². The summed E-state index contributed by atoms with van der Waals surface area (Å²) in [5, 5.41) is 9.96. The van der Waals surface area contributed by atoms with Gasteiger partial charge in [0.05, 0.1) is 0 Å². The Hall–Kier alpha value is -9.96. The van der Waals surface area contributed by atoms with E-state index in [2.05, 4.69) is 291 Å². The quantitative estimate of drug-likeness (QED) is 0.134. The van der Waals surface area contributed by atoms with Gasteiger partial charge in [0.2, 0.25) is 0 Å². The largest absolute Gasteiger partial charge is 0.456 e. The van der Waals surface area contributed by atoms with Crippen LogP contribution in [0.25, 0.3) is 98.8 Å². The number of para-hydroxylation sites is 3. The zero-order chi connectivity index (χ0) is 51.9. The van der Waals surface area contributed by atoms with Gasteiger partial charge in [0.25, 0.3) is 0 Å². The third-order valence-electron chi connectivity index (χ3n) is 16.4. The van der Waals surface area contributed by atoms with E-state index in [1.165, 1.54) is 82.4 Å². The van der Waals surface area contributed by atoms with Crippen molar-refractivity contribution in [3.05, 3.63) is 290 Å². The van der Waals surface area contributed by atoms with E-state index in [9.17, 15) is 0 Å². The number of fused-ring (bicyclic) bond motifs is 12. The lowest BCUT2D eigenvalue weighted by atomic mass is 9.82. The Balaban J connectivity index is 0.801. The fourth-order valence-electron chi connectivity index (χ4n) is 12.5. The molecule has 0 saturated carbocycles. The van der Waals surface area contributed by atoms with Crippen LogP contribution in [0, 0.1) is 0 Å². The van der Waals surface area contributed by atoms with Crippen LogP contribution in [0.3, 0.4) is 0 Å². The van der Waals surface area contributed by atoms with E-state index < -0.39 is 0 Å². The first-order chi connectivity index (χ1) is 38.4. The molecule has 13 aromatic carbocycles. The van der Waals surface area contributed by atoms with Crippen LogP contribution in [0.15, 0.2) is 283 Å². The molecule has 368 valence electrons. The van der Waals surface area contributed by atoms with E-state index >= 15 is 0 Å². The number of hydrogen-bond donors (Lipinski definition) is 0. The third kappa shape index (κ3) is 7.50. The van der Waals surface area contributed by atoms with Crippen LogP contribution in [0.4, 0.5) is 34.1 Å². The van der Waals surface area contributed by atoms with Gasteiger partial charge in [0.1, 0.15) is 11.2 Å². The van der Waals surface area contributed by atoms with Crippen molar-refractivity contribution < 1.29 is 4.42 Å². The molecule has 3 heteroatoms. The van der Waals surface area contributed by atoms with Gasteiger partial charge in [-0.2, -0.15) is 0 Å². The topological polar surface area (TPSA) is 19.6 Å². The molecule has 0 amide bonds.